The third-order valence-electron chi connectivity index (χ3n) is 1.98. The summed E-state index contributed by atoms with van der Waals surface area (Å²) in [7, 11) is 0. The fraction of sp³-hybridized carbons (Fsp3) is 0.778. The van der Waals surface area contributed by atoms with E-state index in [0.29, 0.717) is 12.8 Å². The van der Waals surface area contributed by atoms with Gasteiger partial charge >= 0.3 is 5.97 Å². The Morgan fingerprint density at radius 3 is 2.25 bits per heavy atom. The first kappa shape index (κ1) is 11.0. The SMILES string of the molecule is CCC(C#N)(CC(C)C)C(=O)O. The lowest BCUT2D eigenvalue weighted by Crippen LogP contribution is -2.30. The van der Waals surface area contributed by atoms with Gasteiger partial charge in [0.05, 0.1) is 6.07 Å². The third-order valence-corrected chi connectivity index (χ3v) is 1.98. The van der Waals surface area contributed by atoms with Gasteiger partial charge in [0.15, 0.2) is 5.41 Å². The Labute approximate surface area is 73.0 Å². The average molecular weight is 169 g/mol. The molecule has 3 heteroatoms. The Balaban J connectivity index is 4.62. The van der Waals surface area contributed by atoms with Crippen molar-refractivity contribution in [2.75, 3.05) is 0 Å². The Bertz CT molecular complexity index is 205. The van der Waals surface area contributed by atoms with Gasteiger partial charge in [-0.2, -0.15) is 5.26 Å². The molecule has 0 aliphatic rings. The van der Waals surface area contributed by atoms with Crippen LogP contribution in [0.25, 0.3) is 0 Å². The zero-order valence-electron chi connectivity index (χ0n) is 7.79. The van der Waals surface area contributed by atoms with Crippen molar-refractivity contribution in [3.63, 3.8) is 0 Å². The van der Waals surface area contributed by atoms with Gasteiger partial charge in [-0.1, -0.05) is 20.8 Å². The second-order valence-corrected chi connectivity index (χ2v) is 3.45. The minimum atomic E-state index is -1.17. The Hall–Kier alpha value is -1.04. The lowest BCUT2D eigenvalue weighted by molar-refractivity contribution is -0.146. The number of hydrogen-bond acceptors (Lipinski definition) is 2. The van der Waals surface area contributed by atoms with Crippen molar-refractivity contribution in [2.45, 2.75) is 33.6 Å². The highest BCUT2D eigenvalue weighted by Crippen LogP contribution is 2.29. The summed E-state index contributed by atoms with van der Waals surface area (Å²) >= 11 is 0. The molecule has 1 N–H and O–H groups in total. The van der Waals surface area contributed by atoms with Gasteiger partial charge in [0.2, 0.25) is 0 Å². The molecule has 0 radical (unpaired) electrons. The molecule has 0 aliphatic heterocycles. The van der Waals surface area contributed by atoms with Crippen LogP contribution < -0.4 is 0 Å². The van der Waals surface area contributed by atoms with Crippen LogP contribution in [0.3, 0.4) is 0 Å². The highest BCUT2D eigenvalue weighted by atomic mass is 16.4. The molecule has 0 heterocycles. The van der Waals surface area contributed by atoms with E-state index in [9.17, 15) is 4.79 Å². The number of rotatable bonds is 4. The largest absolute Gasteiger partial charge is 0.480 e. The van der Waals surface area contributed by atoms with Crippen molar-refractivity contribution in [1.82, 2.24) is 0 Å². The van der Waals surface area contributed by atoms with Crippen LogP contribution in [0.15, 0.2) is 0 Å². The number of aliphatic carboxylic acids is 1. The predicted molar refractivity (Wildman–Crippen MR) is 45.4 cm³/mol. The van der Waals surface area contributed by atoms with Gasteiger partial charge in [0.25, 0.3) is 0 Å². The maximum Gasteiger partial charge on any atom is 0.324 e. The van der Waals surface area contributed by atoms with Crippen LogP contribution in [0.1, 0.15) is 33.6 Å². The summed E-state index contributed by atoms with van der Waals surface area (Å²) in [5, 5.41) is 17.6. The average Bonchev–Trinajstić information content (AvgIpc) is 1.99. The lowest BCUT2D eigenvalue weighted by Gasteiger charge is -2.21. The van der Waals surface area contributed by atoms with E-state index in [-0.39, 0.29) is 5.92 Å². The number of carboxylic acid groups (broad SMARTS) is 1. The van der Waals surface area contributed by atoms with Crippen LogP contribution in [-0.4, -0.2) is 11.1 Å². The molecule has 0 aromatic carbocycles. The molecule has 1 unspecified atom stereocenters. The van der Waals surface area contributed by atoms with E-state index in [1.54, 1.807) is 6.92 Å². The topological polar surface area (TPSA) is 61.1 Å². The maximum atomic E-state index is 10.8. The van der Waals surface area contributed by atoms with Crippen molar-refractivity contribution in [3.8, 4) is 6.07 Å². The number of carboxylic acids is 1. The van der Waals surface area contributed by atoms with Gasteiger partial charge < -0.3 is 5.11 Å². The van der Waals surface area contributed by atoms with Crippen LogP contribution >= 0.6 is 0 Å². The normalized spacial score (nSPS) is 15.2. The number of nitriles is 1. The first-order valence-corrected chi connectivity index (χ1v) is 4.13. The molecule has 0 aliphatic carbocycles. The van der Waals surface area contributed by atoms with Crippen LogP contribution in [-0.2, 0) is 4.79 Å². The van der Waals surface area contributed by atoms with Gasteiger partial charge in [-0.05, 0) is 18.8 Å². The summed E-state index contributed by atoms with van der Waals surface area (Å²) in [6.45, 7) is 5.58. The smallest absolute Gasteiger partial charge is 0.324 e. The summed E-state index contributed by atoms with van der Waals surface area (Å²) in [5.41, 5.74) is -1.17. The van der Waals surface area contributed by atoms with Crippen LogP contribution in [0.4, 0.5) is 0 Å². The zero-order valence-corrected chi connectivity index (χ0v) is 7.79. The predicted octanol–water partition coefficient (Wildman–Crippen LogP) is 2.04. The minimum absolute atomic E-state index is 0.237. The molecule has 0 saturated heterocycles. The molecule has 0 aromatic rings. The molecule has 0 spiro atoms. The highest BCUT2D eigenvalue weighted by molar-refractivity contribution is 5.77. The molecule has 0 saturated carbocycles. The zero-order chi connectivity index (χ0) is 9.78. The van der Waals surface area contributed by atoms with Crippen molar-refractivity contribution < 1.29 is 9.90 Å². The second kappa shape index (κ2) is 4.10. The Morgan fingerprint density at radius 1 is 1.67 bits per heavy atom. The summed E-state index contributed by atoms with van der Waals surface area (Å²) in [5.74, 6) is -0.762. The quantitative estimate of drug-likeness (QED) is 0.700. The van der Waals surface area contributed by atoms with E-state index in [2.05, 4.69) is 0 Å². The molecule has 0 rings (SSSR count). The first-order valence-electron chi connectivity index (χ1n) is 4.13. The monoisotopic (exact) mass is 169 g/mol. The van der Waals surface area contributed by atoms with Crippen LogP contribution in [0.5, 0.6) is 0 Å². The summed E-state index contributed by atoms with van der Waals surface area (Å²) in [4.78, 5) is 10.8. The van der Waals surface area contributed by atoms with Gasteiger partial charge in [0.1, 0.15) is 0 Å². The molecule has 0 fully saturated rings. The van der Waals surface area contributed by atoms with E-state index in [4.69, 9.17) is 10.4 Å². The van der Waals surface area contributed by atoms with E-state index in [1.165, 1.54) is 0 Å². The minimum Gasteiger partial charge on any atom is -0.480 e. The van der Waals surface area contributed by atoms with E-state index < -0.39 is 11.4 Å². The van der Waals surface area contributed by atoms with Crippen molar-refractivity contribution in [1.29, 1.82) is 5.26 Å². The Kier molecular flexibility index (Phi) is 3.75. The standard InChI is InChI=1S/C9H15NO2/c1-4-9(6-10,8(11)12)5-7(2)3/h7H,4-5H2,1-3H3,(H,11,12). The first-order chi connectivity index (χ1) is 5.48. The molecule has 0 bridgehead atoms. The molecule has 68 valence electrons. The Morgan fingerprint density at radius 2 is 2.17 bits per heavy atom. The molecule has 0 amide bonds. The van der Waals surface area contributed by atoms with Gasteiger partial charge in [-0.3, -0.25) is 4.79 Å². The van der Waals surface area contributed by atoms with Crippen molar-refractivity contribution in [2.24, 2.45) is 11.3 Å². The molecule has 1 atom stereocenters. The molecule has 0 aromatic heterocycles. The third kappa shape index (κ3) is 2.23. The van der Waals surface area contributed by atoms with Gasteiger partial charge in [-0.25, -0.2) is 0 Å². The number of nitrogens with zero attached hydrogens (tertiary/aromatic N) is 1. The fourth-order valence-electron chi connectivity index (χ4n) is 1.25. The van der Waals surface area contributed by atoms with E-state index in [1.807, 2.05) is 19.9 Å². The maximum absolute atomic E-state index is 10.8. The summed E-state index contributed by atoms with van der Waals surface area (Å²) in [6.07, 6.45) is 0.798. The summed E-state index contributed by atoms with van der Waals surface area (Å²) < 4.78 is 0. The second-order valence-electron chi connectivity index (χ2n) is 3.45. The summed E-state index contributed by atoms with van der Waals surface area (Å²) in [6, 6.07) is 1.90. The molecular weight excluding hydrogens is 154 g/mol. The van der Waals surface area contributed by atoms with E-state index >= 15 is 0 Å². The fourth-order valence-corrected chi connectivity index (χ4v) is 1.25. The molecule has 12 heavy (non-hydrogen) atoms. The molecule has 3 nitrogen and oxygen atoms in total. The van der Waals surface area contributed by atoms with Gasteiger partial charge in [0, 0.05) is 0 Å². The lowest BCUT2D eigenvalue weighted by atomic mass is 9.79. The van der Waals surface area contributed by atoms with Crippen molar-refractivity contribution in [3.05, 3.63) is 0 Å². The number of hydrogen-bond donors (Lipinski definition) is 1. The molecular formula is C9H15NO2. The number of carbonyl (C=O) groups is 1. The van der Waals surface area contributed by atoms with E-state index in [0.717, 1.165) is 0 Å². The van der Waals surface area contributed by atoms with Crippen molar-refractivity contribution >= 4 is 5.97 Å². The van der Waals surface area contributed by atoms with Gasteiger partial charge in [-0.15, -0.1) is 0 Å². The van der Waals surface area contributed by atoms with Crippen LogP contribution in [0, 0.1) is 22.7 Å². The van der Waals surface area contributed by atoms with Crippen LogP contribution in [0.2, 0.25) is 0 Å². The highest BCUT2D eigenvalue weighted by Gasteiger charge is 2.37.